The number of non-ortho nitro benzene ring substituents is 1. The summed E-state index contributed by atoms with van der Waals surface area (Å²) in [4.78, 5) is 24.1. The maximum Gasteiger partial charge on any atom is 0.275 e. The van der Waals surface area contributed by atoms with Crippen molar-refractivity contribution >= 4 is 31.3 Å². The molecular formula is C11H11N4O3P. The second-order valence-corrected chi connectivity index (χ2v) is 3.56. The van der Waals surface area contributed by atoms with Crippen LogP contribution in [-0.4, -0.2) is 26.2 Å². The molecule has 0 aliphatic heterocycles. The van der Waals surface area contributed by atoms with E-state index in [0.29, 0.717) is 16.4 Å². The van der Waals surface area contributed by atoms with Crippen LogP contribution in [0.1, 0.15) is 0 Å². The molecule has 98 valence electrons. The molecule has 3 aromatic rings. The van der Waals surface area contributed by atoms with E-state index in [1.165, 1.54) is 23.0 Å². The maximum atomic E-state index is 11.5. The largest absolute Gasteiger partial charge is 0.310 e. The average molecular weight is 278 g/mol. The molecule has 0 fully saturated rings. The summed E-state index contributed by atoms with van der Waals surface area (Å²) in [5.74, 6) is 0. The van der Waals surface area contributed by atoms with Crippen molar-refractivity contribution in [2.24, 2.45) is 0 Å². The lowest BCUT2D eigenvalue weighted by Gasteiger charge is -1.94. The van der Waals surface area contributed by atoms with Crippen LogP contribution in [-0.2, 0) is 0 Å². The van der Waals surface area contributed by atoms with Gasteiger partial charge in [-0.05, 0) is 12.1 Å². The van der Waals surface area contributed by atoms with Crippen LogP contribution in [0.25, 0.3) is 16.4 Å². The molecule has 2 aromatic heterocycles. The van der Waals surface area contributed by atoms with Crippen molar-refractivity contribution in [2.45, 2.75) is 0 Å². The summed E-state index contributed by atoms with van der Waals surface area (Å²) in [5.41, 5.74) is 0.739. The normalized spacial score (nSPS) is 10.2. The van der Waals surface area contributed by atoms with Gasteiger partial charge in [0, 0.05) is 17.5 Å². The molecule has 2 heterocycles. The van der Waals surface area contributed by atoms with Crippen LogP contribution in [0.15, 0.2) is 35.4 Å². The van der Waals surface area contributed by atoms with Gasteiger partial charge in [-0.2, -0.15) is 5.10 Å². The van der Waals surface area contributed by atoms with Gasteiger partial charge in [-0.3, -0.25) is 14.9 Å². The van der Waals surface area contributed by atoms with E-state index >= 15 is 0 Å². The number of hydrogen-bond acceptors (Lipinski definition) is 4. The van der Waals surface area contributed by atoms with Gasteiger partial charge < -0.3 is 4.98 Å². The van der Waals surface area contributed by atoms with E-state index in [9.17, 15) is 14.9 Å². The molecule has 0 saturated heterocycles. The van der Waals surface area contributed by atoms with Crippen LogP contribution in [0.3, 0.4) is 0 Å². The van der Waals surface area contributed by atoms with Gasteiger partial charge in [-0.25, -0.2) is 4.52 Å². The minimum absolute atomic E-state index is 0.00941. The van der Waals surface area contributed by atoms with Gasteiger partial charge in [0.2, 0.25) is 0 Å². The smallest absolute Gasteiger partial charge is 0.275 e. The number of nitro benzene ring substituents is 1. The molecule has 0 radical (unpaired) electrons. The fraction of sp³-hybridized carbons (Fsp3) is 0.0909. The van der Waals surface area contributed by atoms with Crippen LogP contribution in [0.2, 0.25) is 0 Å². The number of aromatic amines is 1. The van der Waals surface area contributed by atoms with Gasteiger partial charge in [-0.1, -0.05) is 6.66 Å². The second kappa shape index (κ2) is 5.16. The number of hydrogen-bond donors (Lipinski definition) is 1. The lowest BCUT2D eigenvalue weighted by Crippen LogP contribution is -2.09. The van der Waals surface area contributed by atoms with Gasteiger partial charge in [0.15, 0.2) is 0 Å². The van der Waals surface area contributed by atoms with Gasteiger partial charge in [0.25, 0.3) is 11.2 Å². The molecule has 0 aliphatic rings. The quantitative estimate of drug-likeness (QED) is 0.415. The highest BCUT2D eigenvalue weighted by atomic mass is 31.0. The van der Waals surface area contributed by atoms with Crippen molar-refractivity contribution < 1.29 is 4.92 Å². The molecule has 1 unspecified atom stereocenters. The summed E-state index contributed by atoms with van der Waals surface area (Å²) < 4.78 is 1.46. The molecular weight excluding hydrogens is 267 g/mol. The van der Waals surface area contributed by atoms with Crippen LogP contribution in [0.5, 0.6) is 0 Å². The Morgan fingerprint density at radius 2 is 2.05 bits per heavy atom. The number of rotatable bonds is 1. The number of aromatic nitrogens is 3. The highest BCUT2D eigenvalue weighted by molar-refractivity contribution is 7.15. The fourth-order valence-corrected chi connectivity index (χ4v) is 1.81. The summed E-state index contributed by atoms with van der Waals surface area (Å²) in [6.07, 6.45) is 1.29. The Balaban J connectivity index is 0.000000637. The Kier molecular flexibility index (Phi) is 3.57. The van der Waals surface area contributed by atoms with E-state index in [2.05, 4.69) is 19.3 Å². The van der Waals surface area contributed by atoms with Crippen molar-refractivity contribution in [3.8, 4) is 0 Å². The summed E-state index contributed by atoms with van der Waals surface area (Å²) in [6, 6.07) is 5.96. The van der Waals surface area contributed by atoms with Crippen LogP contribution in [0.4, 0.5) is 5.69 Å². The molecule has 1 aromatic carbocycles. The minimum atomic E-state index is -0.473. The molecule has 0 bridgehead atoms. The zero-order valence-corrected chi connectivity index (χ0v) is 11.2. The Morgan fingerprint density at radius 1 is 1.32 bits per heavy atom. The Bertz CT molecular complexity index is 808. The van der Waals surface area contributed by atoms with Gasteiger partial charge >= 0.3 is 0 Å². The Labute approximate surface area is 109 Å². The molecule has 0 amide bonds. The first kappa shape index (κ1) is 13.2. The van der Waals surface area contributed by atoms with Crippen molar-refractivity contribution in [3.05, 3.63) is 51.1 Å². The van der Waals surface area contributed by atoms with Crippen LogP contribution >= 0.6 is 9.24 Å². The number of benzene rings is 1. The van der Waals surface area contributed by atoms with E-state index in [1.807, 2.05) is 6.66 Å². The lowest BCUT2D eigenvalue weighted by molar-refractivity contribution is -0.384. The first-order valence-corrected chi connectivity index (χ1v) is 6.53. The second-order valence-electron chi connectivity index (χ2n) is 3.56. The summed E-state index contributed by atoms with van der Waals surface area (Å²) in [6.45, 7) is 1.92. The fourth-order valence-electron chi connectivity index (χ4n) is 1.81. The van der Waals surface area contributed by atoms with E-state index in [4.69, 9.17) is 0 Å². The van der Waals surface area contributed by atoms with E-state index in [0.717, 1.165) is 0 Å². The third kappa shape index (κ3) is 2.20. The summed E-state index contributed by atoms with van der Waals surface area (Å²) in [7, 11) is 2.42. The Hall–Kier alpha value is -2.27. The molecule has 0 spiro atoms. The molecule has 1 N–H and O–H groups in total. The number of nitrogens with zero attached hydrogens (tertiary/aromatic N) is 3. The molecule has 0 saturated carbocycles. The van der Waals surface area contributed by atoms with E-state index in [1.54, 1.807) is 12.1 Å². The van der Waals surface area contributed by atoms with Gasteiger partial charge in [-0.15, -0.1) is 9.24 Å². The van der Waals surface area contributed by atoms with Gasteiger partial charge in [0.1, 0.15) is 11.8 Å². The SMILES string of the molecule is CP.O=c1[nH]cnn2c1cc1cc([N+](=O)[O-])ccc12. The zero-order valence-electron chi connectivity index (χ0n) is 10.0. The highest BCUT2D eigenvalue weighted by Crippen LogP contribution is 2.22. The topological polar surface area (TPSA) is 93.3 Å². The van der Waals surface area contributed by atoms with E-state index in [-0.39, 0.29) is 11.2 Å². The first-order chi connectivity index (χ1) is 9.16. The molecule has 3 rings (SSSR count). The summed E-state index contributed by atoms with van der Waals surface area (Å²) >= 11 is 0. The highest BCUT2D eigenvalue weighted by Gasteiger charge is 2.11. The molecule has 7 nitrogen and oxygen atoms in total. The van der Waals surface area contributed by atoms with Crippen LogP contribution < -0.4 is 5.56 Å². The molecule has 8 heteroatoms. The molecule has 0 aliphatic carbocycles. The minimum Gasteiger partial charge on any atom is -0.310 e. The number of nitrogens with one attached hydrogen (secondary N) is 1. The van der Waals surface area contributed by atoms with Crippen molar-refractivity contribution in [1.82, 2.24) is 14.6 Å². The number of fused-ring (bicyclic) bond motifs is 3. The van der Waals surface area contributed by atoms with E-state index < -0.39 is 4.92 Å². The first-order valence-electron chi connectivity index (χ1n) is 5.38. The van der Waals surface area contributed by atoms with Crippen molar-refractivity contribution in [1.29, 1.82) is 0 Å². The maximum absolute atomic E-state index is 11.5. The number of nitro groups is 1. The monoisotopic (exact) mass is 278 g/mol. The van der Waals surface area contributed by atoms with Crippen LogP contribution in [0, 0.1) is 10.1 Å². The Morgan fingerprint density at radius 3 is 2.74 bits per heavy atom. The zero-order chi connectivity index (χ0) is 14.0. The van der Waals surface area contributed by atoms with Gasteiger partial charge in [0.05, 0.1) is 10.4 Å². The standard InChI is InChI=1S/C10H6N4O3.CH5P/c15-10-9-4-6-3-7(14(16)17)1-2-8(6)13(9)12-5-11-10;1-2/h1-5H,(H,11,12,15);2H2,1H3. The van der Waals surface area contributed by atoms with Crippen molar-refractivity contribution in [3.63, 3.8) is 0 Å². The molecule has 19 heavy (non-hydrogen) atoms. The third-order valence-electron chi connectivity index (χ3n) is 2.57. The third-order valence-corrected chi connectivity index (χ3v) is 2.57. The molecule has 1 atom stereocenters. The van der Waals surface area contributed by atoms with Crippen molar-refractivity contribution in [2.75, 3.05) is 6.66 Å². The average Bonchev–Trinajstić information content (AvgIpc) is 2.80. The lowest BCUT2D eigenvalue weighted by atomic mass is 10.2. The summed E-state index contributed by atoms with van der Waals surface area (Å²) in [5, 5.41) is 15.3. The predicted octanol–water partition coefficient (Wildman–Crippen LogP) is 1.58. The predicted molar refractivity (Wildman–Crippen MR) is 75.6 cm³/mol. The number of H-pyrrole nitrogens is 1.